The average Bonchev–Trinajstić information content (AvgIpc) is 2.70. The Morgan fingerprint density at radius 1 is 1.59 bits per heavy atom. The van der Waals surface area contributed by atoms with Crippen LogP contribution in [0.3, 0.4) is 0 Å². The SMILES string of the molecule is CCn1nc(C)cc1CC1COCCC1NC. The Labute approximate surface area is 103 Å². The van der Waals surface area contributed by atoms with Crippen LogP contribution in [-0.4, -0.2) is 36.1 Å². The van der Waals surface area contributed by atoms with Crippen molar-refractivity contribution in [1.82, 2.24) is 15.1 Å². The molecule has 0 saturated carbocycles. The van der Waals surface area contributed by atoms with Gasteiger partial charge in [-0.1, -0.05) is 0 Å². The first kappa shape index (κ1) is 12.6. The molecule has 1 fully saturated rings. The van der Waals surface area contributed by atoms with E-state index in [1.165, 1.54) is 5.69 Å². The zero-order valence-corrected chi connectivity index (χ0v) is 11.1. The molecule has 1 saturated heterocycles. The van der Waals surface area contributed by atoms with E-state index in [1.807, 2.05) is 7.05 Å². The fourth-order valence-corrected chi connectivity index (χ4v) is 2.68. The molecule has 0 radical (unpaired) electrons. The van der Waals surface area contributed by atoms with E-state index in [-0.39, 0.29) is 0 Å². The van der Waals surface area contributed by atoms with E-state index < -0.39 is 0 Å². The number of hydrogen-bond donors (Lipinski definition) is 1. The van der Waals surface area contributed by atoms with Crippen LogP contribution in [0, 0.1) is 12.8 Å². The van der Waals surface area contributed by atoms with Gasteiger partial charge in [0.1, 0.15) is 0 Å². The van der Waals surface area contributed by atoms with Gasteiger partial charge in [0, 0.05) is 30.8 Å². The summed E-state index contributed by atoms with van der Waals surface area (Å²) >= 11 is 0. The molecule has 2 heterocycles. The number of rotatable bonds is 4. The summed E-state index contributed by atoms with van der Waals surface area (Å²) in [6.07, 6.45) is 2.17. The molecule has 0 aliphatic carbocycles. The Kier molecular flexibility index (Phi) is 4.18. The molecule has 2 unspecified atom stereocenters. The molecule has 0 spiro atoms. The number of aromatic nitrogens is 2. The van der Waals surface area contributed by atoms with Crippen LogP contribution in [0.1, 0.15) is 24.7 Å². The second-order valence-corrected chi connectivity index (χ2v) is 4.82. The summed E-state index contributed by atoms with van der Waals surface area (Å²) in [5.74, 6) is 0.565. The molecule has 1 aliphatic heterocycles. The first-order chi connectivity index (χ1) is 8.24. The van der Waals surface area contributed by atoms with Gasteiger partial charge in [0.2, 0.25) is 0 Å². The van der Waals surface area contributed by atoms with E-state index >= 15 is 0 Å². The van der Waals surface area contributed by atoms with Crippen molar-refractivity contribution < 1.29 is 4.74 Å². The van der Waals surface area contributed by atoms with E-state index in [9.17, 15) is 0 Å². The predicted molar refractivity (Wildman–Crippen MR) is 68.1 cm³/mol. The summed E-state index contributed by atoms with van der Waals surface area (Å²) in [5, 5.41) is 7.91. The van der Waals surface area contributed by atoms with E-state index in [1.54, 1.807) is 0 Å². The van der Waals surface area contributed by atoms with Crippen molar-refractivity contribution in [2.75, 3.05) is 20.3 Å². The fourth-order valence-electron chi connectivity index (χ4n) is 2.68. The molecule has 1 aliphatic rings. The third-order valence-electron chi connectivity index (χ3n) is 3.60. The van der Waals surface area contributed by atoms with Crippen molar-refractivity contribution in [3.63, 3.8) is 0 Å². The third kappa shape index (κ3) is 2.87. The van der Waals surface area contributed by atoms with E-state index in [0.29, 0.717) is 12.0 Å². The monoisotopic (exact) mass is 237 g/mol. The van der Waals surface area contributed by atoms with Gasteiger partial charge in [0.15, 0.2) is 0 Å². The van der Waals surface area contributed by atoms with Crippen LogP contribution in [0.2, 0.25) is 0 Å². The Hall–Kier alpha value is -0.870. The average molecular weight is 237 g/mol. The van der Waals surface area contributed by atoms with Gasteiger partial charge in [0.05, 0.1) is 12.3 Å². The van der Waals surface area contributed by atoms with Crippen molar-refractivity contribution in [3.05, 3.63) is 17.5 Å². The quantitative estimate of drug-likeness (QED) is 0.860. The molecule has 1 aromatic heterocycles. The molecule has 0 bridgehead atoms. The second kappa shape index (κ2) is 5.65. The Morgan fingerprint density at radius 3 is 3.12 bits per heavy atom. The molecular weight excluding hydrogens is 214 g/mol. The highest BCUT2D eigenvalue weighted by Gasteiger charge is 2.25. The van der Waals surface area contributed by atoms with Crippen molar-refractivity contribution in [3.8, 4) is 0 Å². The Morgan fingerprint density at radius 2 is 2.41 bits per heavy atom. The molecule has 2 atom stereocenters. The molecule has 1 aromatic rings. The van der Waals surface area contributed by atoms with Crippen LogP contribution in [0.4, 0.5) is 0 Å². The van der Waals surface area contributed by atoms with Crippen molar-refractivity contribution in [1.29, 1.82) is 0 Å². The Balaban J connectivity index is 2.07. The Bertz CT molecular complexity index is 362. The van der Waals surface area contributed by atoms with Gasteiger partial charge in [-0.25, -0.2) is 0 Å². The molecule has 2 rings (SSSR count). The van der Waals surface area contributed by atoms with Gasteiger partial charge >= 0.3 is 0 Å². The largest absolute Gasteiger partial charge is 0.381 e. The lowest BCUT2D eigenvalue weighted by molar-refractivity contribution is 0.0335. The molecule has 0 amide bonds. The van der Waals surface area contributed by atoms with E-state index in [0.717, 1.165) is 38.3 Å². The summed E-state index contributed by atoms with van der Waals surface area (Å²) in [6, 6.07) is 2.77. The van der Waals surface area contributed by atoms with Gasteiger partial charge in [0.25, 0.3) is 0 Å². The van der Waals surface area contributed by atoms with Crippen molar-refractivity contribution >= 4 is 0 Å². The second-order valence-electron chi connectivity index (χ2n) is 4.82. The maximum absolute atomic E-state index is 5.60. The standard InChI is InChI=1S/C13H23N3O/c1-4-16-12(7-10(2)15-16)8-11-9-17-6-5-13(11)14-3/h7,11,13-14H,4-6,8-9H2,1-3H3. The van der Waals surface area contributed by atoms with Crippen LogP contribution in [0.15, 0.2) is 6.07 Å². The van der Waals surface area contributed by atoms with Crippen molar-refractivity contribution in [2.24, 2.45) is 5.92 Å². The zero-order valence-electron chi connectivity index (χ0n) is 11.1. The highest BCUT2D eigenvalue weighted by molar-refractivity contribution is 5.10. The topological polar surface area (TPSA) is 39.1 Å². The summed E-state index contributed by atoms with van der Waals surface area (Å²) in [5.41, 5.74) is 2.44. The van der Waals surface area contributed by atoms with Crippen LogP contribution < -0.4 is 5.32 Å². The molecule has 0 aromatic carbocycles. The molecule has 1 N–H and O–H groups in total. The fraction of sp³-hybridized carbons (Fsp3) is 0.769. The number of hydrogen-bond acceptors (Lipinski definition) is 3. The number of ether oxygens (including phenoxy) is 1. The summed E-state index contributed by atoms with van der Waals surface area (Å²) in [7, 11) is 2.05. The third-order valence-corrected chi connectivity index (χ3v) is 3.60. The van der Waals surface area contributed by atoms with Crippen LogP contribution >= 0.6 is 0 Å². The van der Waals surface area contributed by atoms with Gasteiger partial charge in [-0.2, -0.15) is 5.10 Å². The van der Waals surface area contributed by atoms with Crippen LogP contribution in [-0.2, 0) is 17.7 Å². The van der Waals surface area contributed by atoms with Crippen molar-refractivity contribution in [2.45, 2.75) is 39.3 Å². The molecular formula is C13H23N3O. The lowest BCUT2D eigenvalue weighted by Crippen LogP contribution is -2.42. The predicted octanol–water partition coefficient (Wildman–Crippen LogP) is 1.38. The van der Waals surface area contributed by atoms with Gasteiger partial charge < -0.3 is 10.1 Å². The lowest BCUT2D eigenvalue weighted by atomic mass is 9.91. The highest BCUT2D eigenvalue weighted by Crippen LogP contribution is 2.20. The minimum absolute atomic E-state index is 0.565. The summed E-state index contributed by atoms with van der Waals surface area (Å²) in [6.45, 7) is 6.89. The summed E-state index contributed by atoms with van der Waals surface area (Å²) < 4.78 is 7.70. The normalized spacial score (nSPS) is 25.1. The number of nitrogens with one attached hydrogen (secondary N) is 1. The van der Waals surface area contributed by atoms with Crippen LogP contribution in [0.5, 0.6) is 0 Å². The molecule has 4 heteroatoms. The minimum Gasteiger partial charge on any atom is -0.381 e. The molecule has 4 nitrogen and oxygen atoms in total. The highest BCUT2D eigenvalue weighted by atomic mass is 16.5. The smallest absolute Gasteiger partial charge is 0.0596 e. The van der Waals surface area contributed by atoms with Gasteiger partial charge in [-0.3, -0.25) is 4.68 Å². The van der Waals surface area contributed by atoms with Crippen LogP contribution in [0.25, 0.3) is 0 Å². The molecule has 96 valence electrons. The minimum atomic E-state index is 0.565. The summed E-state index contributed by atoms with van der Waals surface area (Å²) in [4.78, 5) is 0. The van der Waals surface area contributed by atoms with E-state index in [4.69, 9.17) is 4.74 Å². The zero-order chi connectivity index (χ0) is 12.3. The first-order valence-corrected chi connectivity index (χ1v) is 6.53. The number of aryl methyl sites for hydroxylation is 2. The van der Waals surface area contributed by atoms with Gasteiger partial charge in [-0.05, 0) is 39.8 Å². The van der Waals surface area contributed by atoms with Gasteiger partial charge in [-0.15, -0.1) is 0 Å². The number of nitrogens with zero attached hydrogens (tertiary/aromatic N) is 2. The molecule has 17 heavy (non-hydrogen) atoms. The van der Waals surface area contributed by atoms with E-state index in [2.05, 4.69) is 35.0 Å². The first-order valence-electron chi connectivity index (χ1n) is 6.53. The maximum Gasteiger partial charge on any atom is 0.0596 e. The maximum atomic E-state index is 5.60. The lowest BCUT2D eigenvalue weighted by Gasteiger charge is -2.31.